The van der Waals surface area contributed by atoms with Crippen molar-refractivity contribution in [3.63, 3.8) is 0 Å². The molecule has 1 aliphatic carbocycles. The van der Waals surface area contributed by atoms with Gasteiger partial charge in [-0.25, -0.2) is 0 Å². The first-order valence-corrected chi connectivity index (χ1v) is 7.66. The minimum atomic E-state index is -3.53. The van der Waals surface area contributed by atoms with E-state index < -0.39 is 16.2 Å². The summed E-state index contributed by atoms with van der Waals surface area (Å²) in [5, 5.41) is 8.58. The van der Waals surface area contributed by atoms with E-state index in [1.54, 1.807) is 7.05 Å². The van der Waals surface area contributed by atoms with E-state index in [1.807, 2.05) is 0 Å². The fourth-order valence-electron chi connectivity index (χ4n) is 2.22. The predicted molar refractivity (Wildman–Crippen MR) is 68.4 cm³/mol. The summed E-state index contributed by atoms with van der Waals surface area (Å²) in [6.07, 6.45) is 4.89. The van der Waals surface area contributed by atoms with E-state index in [0.29, 0.717) is 0 Å². The quantitative estimate of drug-likeness (QED) is 0.783. The molecule has 0 aliphatic heterocycles. The van der Waals surface area contributed by atoms with Crippen LogP contribution in [0.25, 0.3) is 0 Å². The summed E-state index contributed by atoms with van der Waals surface area (Å²) in [6.45, 7) is 0.00866. The highest BCUT2D eigenvalue weighted by atomic mass is 32.2. The molecule has 7 heteroatoms. The maximum Gasteiger partial charge on any atom is 0.304 e. The predicted octanol–water partition coefficient (Wildman–Crippen LogP) is 0.902. The molecule has 1 rings (SSSR count). The van der Waals surface area contributed by atoms with Crippen LogP contribution in [0.1, 0.15) is 38.5 Å². The summed E-state index contributed by atoms with van der Waals surface area (Å²) in [5.41, 5.74) is 0. The highest BCUT2D eigenvalue weighted by Crippen LogP contribution is 2.24. The Morgan fingerprint density at radius 1 is 1.22 bits per heavy atom. The van der Waals surface area contributed by atoms with Crippen molar-refractivity contribution in [1.29, 1.82) is 0 Å². The van der Waals surface area contributed by atoms with Crippen molar-refractivity contribution < 1.29 is 18.3 Å². The Hall–Kier alpha value is -0.660. The third-order valence-electron chi connectivity index (χ3n) is 3.49. The van der Waals surface area contributed by atoms with Gasteiger partial charge < -0.3 is 5.11 Å². The Kier molecular flexibility index (Phi) is 5.55. The molecular formula is C11H22N2O4S. The lowest BCUT2D eigenvalue weighted by molar-refractivity contribution is -0.137. The van der Waals surface area contributed by atoms with Gasteiger partial charge in [0.1, 0.15) is 0 Å². The monoisotopic (exact) mass is 278 g/mol. The molecule has 0 unspecified atom stereocenters. The van der Waals surface area contributed by atoms with Crippen LogP contribution in [0.5, 0.6) is 0 Å². The van der Waals surface area contributed by atoms with Crippen molar-refractivity contribution >= 4 is 16.2 Å². The third kappa shape index (κ3) is 3.93. The molecule has 0 aromatic heterocycles. The number of carbonyl (C=O) groups is 1. The van der Waals surface area contributed by atoms with Gasteiger partial charge in [0.15, 0.2) is 0 Å². The maximum absolute atomic E-state index is 12.2. The van der Waals surface area contributed by atoms with Gasteiger partial charge in [-0.2, -0.15) is 17.0 Å². The highest BCUT2D eigenvalue weighted by molar-refractivity contribution is 7.86. The number of hydrogen-bond acceptors (Lipinski definition) is 3. The summed E-state index contributed by atoms with van der Waals surface area (Å²) < 4.78 is 26.9. The SMILES string of the molecule is CN(CCC(=O)O)S(=O)(=O)N(C)C1CCCCC1. The number of nitrogens with zero attached hydrogens (tertiary/aromatic N) is 2. The first-order chi connectivity index (χ1) is 8.35. The van der Waals surface area contributed by atoms with E-state index in [1.165, 1.54) is 17.8 Å². The number of aliphatic carboxylic acids is 1. The molecule has 1 fully saturated rings. The summed E-state index contributed by atoms with van der Waals surface area (Å²) >= 11 is 0. The molecule has 0 heterocycles. The van der Waals surface area contributed by atoms with Crippen molar-refractivity contribution in [2.45, 2.75) is 44.6 Å². The van der Waals surface area contributed by atoms with Crippen LogP contribution < -0.4 is 0 Å². The molecule has 0 atom stereocenters. The van der Waals surface area contributed by atoms with Crippen molar-refractivity contribution in [3.8, 4) is 0 Å². The molecule has 18 heavy (non-hydrogen) atoms. The van der Waals surface area contributed by atoms with Crippen LogP contribution in [0.4, 0.5) is 0 Å². The first kappa shape index (κ1) is 15.4. The fraction of sp³-hybridized carbons (Fsp3) is 0.909. The second-order valence-electron chi connectivity index (χ2n) is 4.78. The smallest absolute Gasteiger partial charge is 0.304 e. The number of carboxylic acid groups (broad SMARTS) is 1. The van der Waals surface area contributed by atoms with Crippen molar-refractivity contribution in [2.75, 3.05) is 20.6 Å². The minimum Gasteiger partial charge on any atom is -0.481 e. The fourth-order valence-corrected chi connectivity index (χ4v) is 3.57. The van der Waals surface area contributed by atoms with Crippen LogP contribution in [-0.2, 0) is 15.0 Å². The number of hydrogen-bond donors (Lipinski definition) is 1. The first-order valence-electron chi connectivity index (χ1n) is 6.27. The van der Waals surface area contributed by atoms with Gasteiger partial charge in [0, 0.05) is 26.7 Å². The Labute approximate surface area is 109 Å². The summed E-state index contributed by atoms with van der Waals surface area (Å²) in [7, 11) is -0.517. The normalized spacial score (nSPS) is 18.4. The van der Waals surface area contributed by atoms with E-state index in [4.69, 9.17) is 5.11 Å². The second-order valence-corrected chi connectivity index (χ2v) is 6.88. The van der Waals surface area contributed by atoms with Crippen LogP contribution in [0.15, 0.2) is 0 Å². The van der Waals surface area contributed by atoms with Gasteiger partial charge in [-0.1, -0.05) is 19.3 Å². The Bertz CT molecular complexity index is 377. The topological polar surface area (TPSA) is 77.9 Å². The lowest BCUT2D eigenvalue weighted by atomic mass is 9.96. The molecule has 0 spiro atoms. The zero-order chi connectivity index (χ0) is 13.8. The summed E-state index contributed by atoms with van der Waals surface area (Å²) in [6, 6.07) is 0.0519. The zero-order valence-corrected chi connectivity index (χ0v) is 11.8. The molecule has 0 bridgehead atoms. The Morgan fingerprint density at radius 3 is 2.28 bits per heavy atom. The molecule has 1 N–H and O–H groups in total. The van der Waals surface area contributed by atoms with Crippen LogP contribution in [0.2, 0.25) is 0 Å². The molecule has 0 radical (unpaired) electrons. The van der Waals surface area contributed by atoms with Gasteiger partial charge in [-0.3, -0.25) is 4.79 Å². The standard InChI is InChI=1S/C11H22N2O4S/c1-12(9-8-11(14)15)18(16,17)13(2)10-6-4-3-5-7-10/h10H,3-9H2,1-2H3,(H,14,15). The molecule has 1 aliphatic rings. The van der Waals surface area contributed by atoms with E-state index in [0.717, 1.165) is 30.0 Å². The van der Waals surface area contributed by atoms with E-state index >= 15 is 0 Å². The Morgan fingerprint density at radius 2 is 1.78 bits per heavy atom. The molecule has 106 valence electrons. The molecule has 0 aromatic rings. The minimum absolute atomic E-state index is 0.00866. The number of rotatable bonds is 6. The molecule has 1 saturated carbocycles. The lowest BCUT2D eigenvalue weighted by Crippen LogP contribution is -2.46. The largest absolute Gasteiger partial charge is 0.481 e. The van der Waals surface area contributed by atoms with Gasteiger partial charge in [0.2, 0.25) is 0 Å². The van der Waals surface area contributed by atoms with Gasteiger partial charge in [-0.05, 0) is 12.8 Å². The average Bonchev–Trinajstić information content (AvgIpc) is 2.35. The second kappa shape index (κ2) is 6.49. The Balaban J connectivity index is 2.62. The highest BCUT2D eigenvalue weighted by Gasteiger charge is 2.30. The van der Waals surface area contributed by atoms with Crippen molar-refractivity contribution in [1.82, 2.24) is 8.61 Å². The van der Waals surface area contributed by atoms with E-state index in [9.17, 15) is 13.2 Å². The summed E-state index contributed by atoms with van der Waals surface area (Å²) in [4.78, 5) is 10.5. The van der Waals surface area contributed by atoms with E-state index in [-0.39, 0.29) is 19.0 Å². The molecule has 6 nitrogen and oxygen atoms in total. The molecule has 0 aromatic carbocycles. The summed E-state index contributed by atoms with van der Waals surface area (Å²) in [5.74, 6) is -0.989. The third-order valence-corrected chi connectivity index (χ3v) is 5.48. The molecular weight excluding hydrogens is 256 g/mol. The molecule has 0 amide bonds. The zero-order valence-electron chi connectivity index (χ0n) is 11.0. The van der Waals surface area contributed by atoms with Gasteiger partial charge >= 0.3 is 5.97 Å². The van der Waals surface area contributed by atoms with Crippen molar-refractivity contribution in [2.24, 2.45) is 0 Å². The van der Waals surface area contributed by atoms with E-state index in [2.05, 4.69) is 0 Å². The van der Waals surface area contributed by atoms with Crippen LogP contribution in [0, 0.1) is 0 Å². The van der Waals surface area contributed by atoms with Gasteiger partial charge in [0.25, 0.3) is 10.2 Å². The van der Waals surface area contributed by atoms with Crippen LogP contribution in [-0.4, -0.2) is 54.8 Å². The lowest BCUT2D eigenvalue weighted by Gasteiger charge is -2.33. The van der Waals surface area contributed by atoms with Gasteiger partial charge in [-0.15, -0.1) is 0 Å². The molecule has 0 saturated heterocycles. The maximum atomic E-state index is 12.2. The van der Waals surface area contributed by atoms with Gasteiger partial charge in [0.05, 0.1) is 6.42 Å². The number of carboxylic acids is 1. The van der Waals surface area contributed by atoms with Crippen molar-refractivity contribution in [3.05, 3.63) is 0 Å². The van der Waals surface area contributed by atoms with Crippen LogP contribution in [0.3, 0.4) is 0 Å². The van der Waals surface area contributed by atoms with Crippen LogP contribution >= 0.6 is 0 Å². The average molecular weight is 278 g/mol.